The number of amides is 1. The Kier molecular flexibility index (Phi) is 3.14. The molecule has 5 heteroatoms. The van der Waals surface area contributed by atoms with Crippen molar-refractivity contribution in [3.8, 4) is 0 Å². The molecule has 2 saturated heterocycles. The van der Waals surface area contributed by atoms with E-state index in [1.165, 1.54) is 5.57 Å². The Balaban J connectivity index is 1.81. The van der Waals surface area contributed by atoms with E-state index in [-0.39, 0.29) is 11.9 Å². The van der Waals surface area contributed by atoms with Gasteiger partial charge in [0.25, 0.3) is 0 Å². The molecule has 0 aliphatic carbocycles. The summed E-state index contributed by atoms with van der Waals surface area (Å²) in [6.45, 7) is 6.33. The van der Waals surface area contributed by atoms with Crippen molar-refractivity contribution in [1.82, 2.24) is 15.4 Å². The summed E-state index contributed by atoms with van der Waals surface area (Å²) in [5.74, 6) is 0.959. The van der Waals surface area contributed by atoms with Gasteiger partial charge in [0.2, 0.25) is 5.91 Å². The first-order valence-electron chi connectivity index (χ1n) is 6.80. The van der Waals surface area contributed by atoms with Crippen LogP contribution < -0.4 is 5.32 Å². The molecule has 1 unspecified atom stereocenters. The molecule has 102 valence electrons. The smallest absolute Gasteiger partial charge is 0.250 e. The fraction of sp³-hybridized carbons (Fsp3) is 0.571. The minimum atomic E-state index is 0.0530. The standard InChI is InChI=1S/C14H19N3O2/c1-9-6-13(19-16-9)12-4-3-5-17(12)14(18)10(2)11-7-15-8-11/h6,12,15H,3-5,7-8H2,1-2H3. The van der Waals surface area contributed by atoms with E-state index in [1.54, 1.807) is 0 Å². The van der Waals surface area contributed by atoms with E-state index in [0.717, 1.165) is 49.5 Å². The van der Waals surface area contributed by atoms with Crippen LogP contribution in [0, 0.1) is 6.92 Å². The Hall–Kier alpha value is -1.62. The molecule has 2 aliphatic heterocycles. The lowest BCUT2D eigenvalue weighted by Gasteiger charge is -2.27. The molecule has 19 heavy (non-hydrogen) atoms. The van der Waals surface area contributed by atoms with Gasteiger partial charge in [0.15, 0.2) is 5.76 Å². The molecule has 0 radical (unpaired) electrons. The van der Waals surface area contributed by atoms with Gasteiger partial charge in [-0.3, -0.25) is 4.79 Å². The molecule has 1 aromatic rings. The maximum absolute atomic E-state index is 12.5. The number of likely N-dealkylation sites (tertiary alicyclic amines) is 1. The molecular weight excluding hydrogens is 242 g/mol. The van der Waals surface area contributed by atoms with Crippen molar-refractivity contribution in [1.29, 1.82) is 0 Å². The first kappa shape index (κ1) is 12.4. The Morgan fingerprint density at radius 2 is 2.32 bits per heavy atom. The van der Waals surface area contributed by atoms with Crippen molar-refractivity contribution >= 4 is 5.91 Å². The van der Waals surface area contributed by atoms with Crippen molar-refractivity contribution < 1.29 is 9.32 Å². The van der Waals surface area contributed by atoms with Crippen LogP contribution in [0.5, 0.6) is 0 Å². The van der Waals surface area contributed by atoms with E-state index in [1.807, 2.05) is 24.8 Å². The van der Waals surface area contributed by atoms with Gasteiger partial charge in [-0.15, -0.1) is 0 Å². The average Bonchev–Trinajstić information content (AvgIpc) is 2.93. The number of hydrogen-bond donors (Lipinski definition) is 1. The molecule has 3 rings (SSSR count). The second kappa shape index (κ2) is 4.81. The molecule has 1 amide bonds. The Labute approximate surface area is 112 Å². The van der Waals surface area contributed by atoms with Gasteiger partial charge in [0, 0.05) is 31.3 Å². The van der Waals surface area contributed by atoms with Gasteiger partial charge in [0.05, 0.1) is 11.7 Å². The summed E-state index contributed by atoms with van der Waals surface area (Å²) in [5, 5.41) is 7.10. The van der Waals surface area contributed by atoms with Gasteiger partial charge >= 0.3 is 0 Å². The third-order valence-corrected chi connectivity index (χ3v) is 4.02. The molecule has 0 bridgehead atoms. The van der Waals surface area contributed by atoms with E-state index in [2.05, 4.69) is 10.5 Å². The van der Waals surface area contributed by atoms with E-state index in [0.29, 0.717) is 0 Å². The minimum Gasteiger partial charge on any atom is -0.359 e. The highest BCUT2D eigenvalue weighted by atomic mass is 16.5. The Morgan fingerprint density at radius 3 is 2.89 bits per heavy atom. The molecule has 0 spiro atoms. The summed E-state index contributed by atoms with van der Waals surface area (Å²) < 4.78 is 5.34. The Morgan fingerprint density at radius 1 is 1.53 bits per heavy atom. The summed E-state index contributed by atoms with van der Waals surface area (Å²) in [5.41, 5.74) is 2.99. The van der Waals surface area contributed by atoms with Crippen molar-refractivity contribution in [2.24, 2.45) is 0 Å². The zero-order valence-electron chi connectivity index (χ0n) is 11.4. The van der Waals surface area contributed by atoms with Crippen molar-refractivity contribution in [2.75, 3.05) is 19.6 Å². The number of nitrogens with zero attached hydrogens (tertiary/aromatic N) is 2. The van der Waals surface area contributed by atoms with Gasteiger partial charge in [-0.05, 0) is 32.3 Å². The van der Waals surface area contributed by atoms with Crippen LogP contribution in [-0.2, 0) is 4.79 Å². The maximum atomic E-state index is 12.5. The molecular formula is C14H19N3O2. The zero-order chi connectivity index (χ0) is 13.4. The van der Waals surface area contributed by atoms with Crippen LogP contribution in [0.25, 0.3) is 0 Å². The lowest BCUT2D eigenvalue weighted by atomic mass is 10.0. The highest BCUT2D eigenvalue weighted by molar-refractivity contribution is 5.94. The third kappa shape index (κ3) is 2.18. The van der Waals surface area contributed by atoms with Crippen molar-refractivity contribution in [3.63, 3.8) is 0 Å². The summed E-state index contributed by atoms with van der Waals surface area (Å²) in [6.07, 6.45) is 1.98. The van der Waals surface area contributed by atoms with E-state index >= 15 is 0 Å². The van der Waals surface area contributed by atoms with Crippen molar-refractivity contribution in [2.45, 2.75) is 32.7 Å². The molecule has 1 N–H and O–H groups in total. The van der Waals surface area contributed by atoms with E-state index in [4.69, 9.17) is 4.52 Å². The van der Waals surface area contributed by atoms with Crippen LogP contribution in [0.3, 0.4) is 0 Å². The molecule has 3 heterocycles. The summed E-state index contributed by atoms with van der Waals surface area (Å²) in [6, 6.07) is 1.99. The van der Waals surface area contributed by atoms with Crippen molar-refractivity contribution in [3.05, 3.63) is 28.7 Å². The average molecular weight is 261 g/mol. The molecule has 1 aromatic heterocycles. The van der Waals surface area contributed by atoms with Gasteiger partial charge in [0.1, 0.15) is 0 Å². The highest BCUT2D eigenvalue weighted by Gasteiger charge is 2.34. The number of carbonyl (C=O) groups is 1. The number of nitrogens with one attached hydrogen (secondary N) is 1. The number of aromatic nitrogens is 1. The molecule has 5 nitrogen and oxygen atoms in total. The maximum Gasteiger partial charge on any atom is 0.250 e. The van der Waals surface area contributed by atoms with Crippen LogP contribution in [0.4, 0.5) is 0 Å². The number of rotatable bonds is 2. The van der Waals surface area contributed by atoms with Crippen LogP contribution in [0.1, 0.15) is 37.3 Å². The predicted molar refractivity (Wildman–Crippen MR) is 70.5 cm³/mol. The van der Waals surface area contributed by atoms with E-state index < -0.39 is 0 Å². The summed E-state index contributed by atoms with van der Waals surface area (Å²) in [4.78, 5) is 14.5. The largest absolute Gasteiger partial charge is 0.359 e. The fourth-order valence-corrected chi connectivity index (χ4v) is 2.73. The highest BCUT2D eigenvalue weighted by Crippen LogP contribution is 2.33. The van der Waals surface area contributed by atoms with Gasteiger partial charge < -0.3 is 14.7 Å². The minimum absolute atomic E-state index is 0.0530. The second-order valence-electron chi connectivity index (χ2n) is 5.36. The molecule has 0 aromatic carbocycles. The Bertz CT molecular complexity index is 527. The van der Waals surface area contributed by atoms with Crippen LogP contribution in [0.2, 0.25) is 0 Å². The molecule has 2 fully saturated rings. The monoisotopic (exact) mass is 261 g/mol. The topological polar surface area (TPSA) is 58.4 Å². The van der Waals surface area contributed by atoms with Crippen LogP contribution in [-0.4, -0.2) is 35.6 Å². The quantitative estimate of drug-likeness (QED) is 0.821. The molecule has 2 aliphatic rings. The third-order valence-electron chi connectivity index (χ3n) is 4.02. The number of carbonyl (C=O) groups excluding carboxylic acids is 1. The SMILES string of the molecule is CC(C(=O)N1CCCC1c1cc(C)no1)=C1CNC1. The number of aryl methyl sites for hydroxylation is 1. The zero-order valence-corrected chi connectivity index (χ0v) is 11.4. The van der Waals surface area contributed by atoms with Gasteiger partial charge in [-0.2, -0.15) is 0 Å². The predicted octanol–water partition coefficient (Wildman–Crippen LogP) is 1.57. The lowest BCUT2D eigenvalue weighted by Crippen LogP contribution is -2.39. The van der Waals surface area contributed by atoms with E-state index in [9.17, 15) is 4.79 Å². The van der Waals surface area contributed by atoms with Gasteiger partial charge in [-0.1, -0.05) is 5.16 Å². The van der Waals surface area contributed by atoms with Crippen LogP contribution in [0.15, 0.2) is 21.7 Å². The van der Waals surface area contributed by atoms with Crippen LogP contribution >= 0.6 is 0 Å². The first-order valence-corrected chi connectivity index (χ1v) is 6.80. The normalized spacial score (nSPS) is 22.5. The molecule has 1 atom stereocenters. The lowest BCUT2D eigenvalue weighted by molar-refractivity contribution is -0.128. The van der Waals surface area contributed by atoms with Gasteiger partial charge in [-0.25, -0.2) is 0 Å². The fourth-order valence-electron chi connectivity index (χ4n) is 2.73. The second-order valence-corrected chi connectivity index (χ2v) is 5.36. The molecule has 0 saturated carbocycles. The first-order chi connectivity index (χ1) is 9.16. The summed E-state index contributed by atoms with van der Waals surface area (Å²) >= 11 is 0. The number of hydrogen-bond acceptors (Lipinski definition) is 4. The summed E-state index contributed by atoms with van der Waals surface area (Å²) in [7, 11) is 0.